The Bertz CT molecular complexity index is 734. The van der Waals surface area contributed by atoms with Crippen LogP contribution in [0.2, 0.25) is 0 Å². The molecule has 1 N–H and O–H groups in total. The summed E-state index contributed by atoms with van der Waals surface area (Å²) in [7, 11) is 0. The molecular weight excluding hydrogens is 325 g/mol. The number of halogens is 1. The summed E-state index contributed by atoms with van der Waals surface area (Å²) in [6.45, 7) is 3.90. The Kier molecular flexibility index (Phi) is 5.27. The van der Waals surface area contributed by atoms with Gasteiger partial charge in [-0.2, -0.15) is 0 Å². The molecule has 10 heteroatoms. The van der Waals surface area contributed by atoms with Crippen molar-refractivity contribution in [3.05, 3.63) is 40.5 Å². The van der Waals surface area contributed by atoms with E-state index in [1.807, 2.05) is 13.8 Å². The number of non-ortho nitro benzene ring substituents is 1. The van der Waals surface area contributed by atoms with Gasteiger partial charge in [-0.1, -0.05) is 11.8 Å². The van der Waals surface area contributed by atoms with Crippen molar-refractivity contribution in [2.75, 3.05) is 11.1 Å². The van der Waals surface area contributed by atoms with E-state index in [1.165, 1.54) is 0 Å². The van der Waals surface area contributed by atoms with Crippen LogP contribution in [0.4, 0.5) is 15.8 Å². The third kappa shape index (κ3) is 4.25. The van der Waals surface area contributed by atoms with Gasteiger partial charge in [-0.25, -0.2) is 4.39 Å². The van der Waals surface area contributed by atoms with Crippen LogP contribution in [-0.2, 0) is 4.79 Å². The number of nitro groups is 1. The molecule has 1 heterocycles. The molecule has 0 saturated heterocycles. The molecule has 0 spiro atoms. The van der Waals surface area contributed by atoms with Crippen molar-refractivity contribution in [2.45, 2.75) is 25.0 Å². The second-order valence-corrected chi connectivity index (χ2v) is 5.82. The zero-order valence-electron chi connectivity index (χ0n) is 12.4. The first-order chi connectivity index (χ1) is 10.9. The van der Waals surface area contributed by atoms with Gasteiger partial charge in [-0.05, 0) is 19.9 Å². The lowest BCUT2D eigenvalue weighted by Gasteiger charge is -2.09. The number of rotatable bonds is 6. The highest BCUT2D eigenvalue weighted by Gasteiger charge is 2.15. The minimum absolute atomic E-state index is 0.0203. The highest BCUT2D eigenvalue weighted by atomic mass is 32.2. The van der Waals surface area contributed by atoms with Crippen molar-refractivity contribution in [1.29, 1.82) is 0 Å². The Labute approximate surface area is 135 Å². The summed E-state index contributed by atoms with van der Waals surface area (Å²) in [5.74, 6) is -1.25. The van der Waals surface area contributed by atoms with Crippen LogP contribution >= 0.6 is 11.8 Å². The van der Waals surface area contributed by atoms with Crippen LogP contribution in [0.3, 0.4) is 0 Å². The second kappa shape index (κ2) is 7.18. The van der Waals surface area contributed by atoms with Crippen LogP contribution in [-0.4, -0.2) is 31.3 Å². The number of aromatic nitrogens is 3. The third-order valence-corrected chi connectivity index (χ3v) is 3.82. The van der Waals surface area contributed by atoms with Gasteiger partial charge in [0.05, 0.1) is 16.4 Å². The molecule has 2 aromatic rings. The maximum absolute atomic E-state index is 13.6. The summed E-state index contributed by atoms with van der Waals surface area (Å²) in [5, 5.41) is 21.2. The predicted octanol–water partition coefficient (Wildman–Crippen LogP) is 2.64. The SMILES string of the molecule is CC(C)n1cnnc1SCC(=O)Nc1cc([N+](=O)[O-])ccc1F. The molecule has 0 aliphatic rings. The average molecular weight is 339 g/mol. The maximum Gasteiger partial charge on any atom is 0.271 e. The van der Waals surface area contributed by atoms with Crippen molar-refractivity contribution in [2.24, 2.45) is 0 Å². The van der Waals surface area contributed by atoms with E-state index in [0.717, 1.165) is 30.0 Å². The number of carbonyl (C=O) groups excluding carboxylic acids is 1. The summed E-state index contributed by atoms with van der Waals surface area (Å²) in [5.41, 5.74) is -0.524. The topological polar surface area (TPSA) is 103 Å². The average Bonchev–Trinajstić information content (AvgIpc) is 2.96. The molecule has 122 valence electrons. The highest BCUT2D eigenvalue weighted by molar-refractivity contribution is 7.99. The van der Waals surface area contributed by atoms with Crippen molar-refractivity contribution < 1.29 is 14.1 Å². The molecule has 0 unspecified atom stereocenters. The summed E-state index contributed by atoms with van der Waals surface area (Å²) in [6, 6.07) is 3.10. The number of benzene rings is 1. The second-order valence-electron chi connectivity index (χ2n) is 4.87. The van der Waals surface area contributed by atoms with Crippen LogP contribution in [0.15, 0.2) is 29.7 Å². The molecule has 1 aromatic carbocycles. The van der Waals surface area contributed by atoms with Gasteiger partial charge in [0, 0.05) is 18.2 Å². The molecule has 0 fully saturated rings. The van der Waals surface area contributed by atoms with Crippen LogP contribution < -0.4 is 5.32 Å². The van der Waals surface area contributed by atoms with E-state index >= 15 is 0 Å². The molecule has 0 saturated carbocycles. The molecule has 0 aliphatic heterocycles. The van der Waals surface area contributed by atoms with Crippen LogP contribution in [0, 0.1) is 15.9 Å². The van der Waals surface area contributed by atoms with Gasteiger partial charge in [-0.15, -0.1) is 10.2 Å². The summed E-state index contributed by atoms with van der Waals surface area (Å²) in [4.78, 5) is 21.9. The lowest BCUT2D eigenvalue weighted by atomic mass is 10.2. The van der Waals surface area contributed by atoms with E-state index in [4.69, 9.17) is 0 Å². The van der Waals surface area contributed by atoms with Crippen molar-refractivity contribution in [1.82, 2.24) is 14.8 Å². The van der Waals surface area contributed by atoms with Gasteiger partial charge in [-0.3, -0.25) is 14.9 Å². The smallest absolute Gasteiger partial charge is 0.271 e. The van der Waals surface area contributed by atoms with Gasteiger partial charge >= 0.3 is 0 Å². The number of nitrogens with zero attached hydrogens (tertiary/aromatic N) is 4. The quantitative estimate of drug-likeness (QED) is 0.493. The van der Waals surface area contributed by atoms with Gasteiger partial charge in [0.15, 0.2) is 5.16 Å². The van der Waals surface area contributed by atoms with Crippen LogP contribution in [0.5, 0.6) is 0 Å². The summed E-state index contributed by atoms with van der Waals surface area (Å²) in [6.07, 6.45) is 1.56. The first kappa shape index (κ1) is 16.9. The van der Waals surface area contributed by atoms with E-state index in [2.05, 4.69) is 15.5 Å². The Balaban J connectivity index is 2.01. The first-order valence-electron chi connectivity index (χ1n) is 6.64. The molecule has 8 nitrogen and oxygen atoms in total. The molecule has 1 aromatic heterocycles. The van der Waals surface area contributed by atoms with Crippen molar-refractivity contribution >= 4 is 29.0 Å². The number of carbonyl (C=O) groups is 1. The van der Waals surface area contributed by atoms with E-state index in [-0.39, 0.29) is 23.2 Å². The Morgan fingerprint density at radius 3 is 2.91 bits per heavy atom. The molecule has 0 bridgehead atoms. The van der Waals surface area contributed by atoms with E-state index in [0.29, 0.717) is 5.16 Å². The number of nitro benzene ring substituents is 1. The van der Waals surface area contributed by atoms with Crippen LogP contribution in [0.1, 0.15) is 19.9 Å². The molecule has 0 atom stereocenters. The number of hydrogen-bond donors (Lipinski definition) is 1. The fourth-order valence-corrected chi connectivity index (χ4v) is 2.57. The van der Waals surface area contributed by atoms with Gasteiger partial charge in [0.25, 0.3) is 5.69 Å². The van der Waals surface area contributed by atoms with E-state index < -0.39 is 16.6 Å². The Hall–Kier alpha value is -2.49. The largest absolute Gasteiger partial charge is 0.323 e. The van der Waals surface area contributed by atoms with Gasteiger partial charge < -0.3 is 9.88 Å². The zero-order chi connectivity index (χ0) is 17.0. The fourth-order valence-electron chi connectivity index (χ4n) is 1.73. The lowest BCUT2D eigenvalue weighted by Crippen LogP contribution is -2.16. The zero-order valence-corrected chi connectivity index (χ0v) is 13.2. The van der Waals surface area contributed by atoms with Gasteiger partial charge in [0.2, 0.25) is 5.91 Å². The molecule has 0 aliphatic carbocycles. The van der Waals surface area contributed by atoms with Crippen molar-refractivity contribution in [3.8, 4) is 0 Å². The lowest BCUT2D eigenvalue weighted by molar-refractivity contribution is -0.384. The number of amides is 1. The van der Waals surface area contributed by atoms with Crippen molar-refractivity contribution in [3.63, 3.8) is 0 Å². The maximum atomic E-state index is 13.6. The highest BCUT2D eigenvalue weighted by Crippen LogP contribution is 2.22. The normalized spacial score (nSPS) is 10.8. The fraction of sp³-hybridized carbons (Fsp3) is 0.308. The minimum atomic E-state index is -0.737. The summed E-state index contributed by atoms with van der Waals surface area (Å²) < 4.78 is 15.4. The predicted molar refractivity (Wildman–Crippen MR) is 82.8 cm³/mol. The molecule has 23 heavy (non-hydrogen) atoms. The van der Waals surface area contributed by atoms with E-state index in [9.17, 15) is 19.3 Å². The standard InChI is InChI=1S/C13H14FN5O3S/c1-8(2)18-7-15-17-13(18)23-6-12(20)16-11-5-9(19(21)22)3-4-10(11)14/h3-5,7-8H,6H2,1-2H3,(H,16,20). The number of hydrogen-bond acceptors (Lipinski definition) is 6. The van der Waals surface area contributed by atoms with Gasteiger partial charge in [0.1, 0.15) is 12.1 Å². The minimum Gasteiger partial charge on any atom is -0.323 e. The number of nitrogens with one attached hydrogen (secondary N) is 1. The number of thioether (sulfide) groups is 1. The van der Waals surface area contributed by atoms with E-state index in [1.54, 1.807) is 10.9 Å². The van der Waals surface area contributed by atoms with Crippen LogP contribution in [0.25, 0.3) is 0 Å². The molecule has 1 amide bonds. The monoisotopic (exact) mass is 339 g/mol. The summed E-state index contributed by atoms with van der Waals surface area (Å²) >= 11 is 1.15. The third-order valence-electron chi connectivity index (χ3n) is 2.86. The molecular formula is C13H14FN5O3S. The molecule has 2 rings (SSSR count). The molecule has 0 radical (unpaired) electrons. The Morgan fingerprint density at radius 1 is 1.52 bits per heavy atom. The first-order valence-corrected chi connectivity index (χ1v) is 7.63. The Morgan fingerprint density at radius 2 is 2.26 bits per heavy atom. The number of anilines is 1.